The number of carbonyl (C=O) groups is 1. The van der Waals surface area contributed by atoms with Gasteiger partial charge in [0.15, 0.2) is 0 Å². The number of amides is 1. The monoisotopic (exact) mass is 355 g/mol. The van der Waals surface area contributed by atoms with E-state index in [2.05, 4.69) is 15.5 Å². The Morgan fingerprint density at radius 2 is 2.12 bits per heavy atom. The van der Waals surface area contributed by atoms with Crippen LogP contribution in [0.5, 0.6) is 5.75 Å². The zero-order valence-electron chi connectivity index (χ0n) is 13.8. The van der Waals surface area contributed by atoms with E-state index in [9.17, 15) is 4.79 Å². The average Bonchev–Trinajstić information content (AvgIpc) is 2.53. The SMILES string of the molecule is Cl.O=C(NCc1cccc(OCCN2CCOCC2)c1)C1CNC1. The summed E-state index contributed by atoms with van der Waals surface area (Å²) in [6, 6.07) is 7.93. The Hall–Kier alpha value is -1.34. The highest BCUT2D eigenvalue weighted by atomic mass is 35.5. The molecule has 2 aliphatic heterocycles. The number of hydrogen-bond donors (Lipinski definition) is 2. The Balaban J connectivity index is 0.00000208. The van der Waals surface area contributed by atoms with Gasteiger partial charge in [-0.15, -0.1) is 12.4 Å². The summed E-state index contributed by atoms with van der Waals surface area (Å²) in [7, 11) is 0. The summed E-state index contributed by atoms with van der Waals surface area (Å²) in [5.74, 6) is 1.11. The van der Waals surface area contributed by atoms with Crippen molar-refractivity contribution in [3.05, 3.63) is 29.8 Å². The van der Waals surface area contributed by atoms with Crippen molar-refractivity contribution in [1.82, 2.24) is 15.5 Å². The molecular formula is C17H26ClN3O3. The van der Waals surface area contributed by atoms with Crippen LogP contribution in [0.1, 0.15) is 5.56 Å². The zero-order chi connectivity index (χ0) is 15.9. The highest BCUT2D eigenvalue weighted by molar-refractivity contribution is 5.85. The molecule has 3 rings (SSSR count). The lowest BCUT2D eigenvalue weighted by atomic mass is 10.0. The summed E-state index contributed by atoms with van der Waals surface area (Å²) in [6.07, 6.45) is 0. The van der Waals surface area contributed by atoms with E-state index in [1.807, 2.05) is 24.3 Å². The molecule has 2 heterocycles. The van der Waals surface area contributed by atoms with Crippen molar-refractivity contribution in [3.8, 4) is 5.75 Å². The van der Waals surface area contributed by atoms with Crippen molar-refractivity contribution in [3.63, 3.8) is 0 Å². The van der Waals surface area contributed by atoms with Gasteiger partial charge in [-0.2, -0.15) is 0 Å². The highest BCUT2D eigenvalue weighted by Crippen LogP contribution is 2.14. The molecule has 0 aromatic heterocycles. The molecule has 0 unspecified atom stereocenters. The van der Waals surface area contributed by atoms with Crippen LogP contribution in [0, 0.1) is 5.92 Å². The first-order valence-electron chi connectivity index (χ1n) is 8.31. The van der Waals surface area contributed by atoms with Crippen LogP contribution >= 0.6 is 12.4 Å². The third-order valence-corrected chi connectivity index (χ3v) is 4.30. The lowest BCUT2D eigenvalue weighted by Crippen LogP contribution is -2.50. The predicted octanol–water partition coefficient (Wildman–Crippen LogP) is 0.655. The van der Waals surface area contributed by atoms with Gasteiger partial charge in [-0.1, -0.05) is 12.1 Å². The van der Waals surface area contributed by atoms with Gasteiger partial charge >= 0.3 is 0 Å². The Labute approximate surface area is 149 Å². The lowest BCUT2D eigenvalue weighted by Gasteiger charge is -2.26. The van der Waals surface area contributed by atoms with Gasteiger partial charge in [-0.25, -0.2) is 0 Å². The van der Waals surface area contributed by atoms with Crippen molar-refractivity contribution in [2.75, 3.05) is 52.5 Å². The zero-order valence-corrected chi connectivity index (χ0v) is 14.6. The van der Waals surface area contributed by atoms with Gasteiger partial charge in [0, 0.05) is 39.3 Å². The summed E-state index contributed by atoms with van der Waals surface area (Å²) >= 11 is 0. The number of carbonyl (C=O) groups excluding carboxylic acids is 1. The molecule has 7 heteroatoms. The van der Waals surface area contributed by atoms with E-state index in [4.69, 9.17) is 9.47 Å². The molecule has 2 saturated heterocycles. The maximum atomic E-state index is 11.8. The average molecular weight is 356 g/mol. The fourth-order valence-corrected chi connectivity index (χ4v) is 2.67. The first-order valence-corrected chi connectivity index (χ1v) is 8.31. The lowest BCUT2D eigenvalue weighted by molar-refractivity contribution is -0.126. The maximum Gasteiger partial charge on any atom is 0.225 e. The van der Waals surface area contributed by atoms with Gasteiger partial charge < -0.3 is 20.1 Å². The molecule has 24 heavy (non-hydrogen) atoms. The number of nitrogens with zero attached hydrogens (tertiary/aromatic N) is 1. The second-order valence-corrected chi connectivity index (χ2v) is 6.02. The minimum absolute atomic E-state index is 0. The Morgan fingerprint density at radius 3 is 2.83 bits per heavy atom. The van der Waals surface area contributed by atoms with Crippen molar-refractivity contribution >= 4 is 18.3 Å². The number of benzene rings is 1. The van der Waals surface area contributed by atoms with Crippen LogP contribution in [-0.4, -0.2) is 63.4 Å². The van der Waals surface area contributed by atoms with E-state index in [0.717, 1.165) is 57.3 Å². The molecule has 0 saturated carbocycles. The van der Waals surface area contributed by atoms with Crippen LogP contribution in [0.2, 0.25) is 0 Å². The fraction of sp³-hybridized carbons (Fsp3) is 0.588. The van der Waals surface area contributed by atoms with Gasteiger partial charge in [0.05, 0.1) is 19.1 Å². The van der Waals surface area contributed by atoms with Gasteiger partial charge in [0.1, 0.15) is 12.4 Å². The van der Waals surface area contributed by atoms with Crippen LogP contribution in [0.3, 0.4) is 0 Å². The molecule has 0 atom stereocenters. The van der Waals surface area contributed by atoms with Crippen LogP contribution < -0.4 is 15.4 Å². The van der Waals surface area contributed by atoms with E-state index < -0.39 is 0 Å². The second-order valence-electron chi connectivity index (χ2n) is 6.02. The first-order chi connectivity index (χ1) is 11.3. The number of nitrogens with one attached hydrogen (secondary N) is 2. The number of hydrogen-bond acceptors (Lipinski definition) is 5. The van der Waals surface area contributed by atoms with E-state index in [-0.39, 0.29) is 24.2 Å². The topological polar surface area (TPSA) is 62.8 Å². The smallest absolute Gasteiger partial charge is 0.225 e. The third-order valence-electron chi connectivity index (χ3n) is 4.30. The molecule has 1 aromatic carbocycles. The molecule has 134 valence electrons. The largest absolute Gasteiger partial charge is 0.492 e. The molecule has 0 spiro atoms. The molecule has 2 fully saturated rings. The minimum atomic E-state index is 0. The first kappa shape index (κ1) is 19.0. The van der Waals surface area contributed by atoms with E-state index in [0.29, 0.717) is 13.2 Å². The molecule has 0 bridgehead atoms. The number of morpholine rings is 1. The van der Waals surface area contributed by atoms with Gasteiger partial charge in [-0.3, -0.25) is 9.69 Å². The molecule has 1 amide bonds. The molecule has 0 aliphatic carbocycles. The van der Waals surface area contributed by atoms with Crippen LogP contribution in [0.25, 0.3) is 0 Å². The second kappa shape index (κ2) is 9.84. The quantitative estimate of drug-likeness (QED) is 0.752. The molecular weight excluding hydrogens is 330 g/mol. The molecule has 6 nitrogen and oxygen atoms in total. The summed E-state index contributed by atoms with van der Waals surface area (Å²) < 4.78 is 11.2. The Morgan fingerprint density at radius 1 is 1.33 bits per heavy atom. The summed E-state index contributed by atoms with van der Waals surface area (Å²) in [5.41, 5.74) is 1.06. The standard InChI is InChI=1S/C17H25N3O3.ClH/c21-17(15-12-18-13-15)19-11-14-2-1-3-16(10-14)23-9-6-20-4-7-22-8-5-20;/h1-3,10,15,18H,4-9,11-13H2,(H,19,21);1H. The van der Waals surface area contributed by atoms with Crippen LogP contribution in [0.4, 0.5) is 0 Å². The Bertz CT molecular complexity index is 520. The van der Waals surface area contributed by atoms with Crippen molar-refractivity contribution in [2.45, 2.75) is 6.54 Å². The van der Waals surface area contributed by atoms with E-state index >= 15 is 0 Å². The molecule has 0 radical (unpaired) electrons. The van der Waals surface area contributed by atoms with Crippen molar-refractivity contribution in [1.29, 1.82) is 0 Å². The van der Waals surface area contributed by atoms with Gasteiger partial charge in [0.25, 0.3) is 0 Å². The molecule has 2 N–H and O–H groups in total. The number of ether oxygens (including phenoxy) is 2. The van der Waals surface area contributed by atoms with Crippen LogP contribution in [-0.2, 0) is 16.1 Å². The summed E-state index contributed by atoms with van der Waals surface area (Å²) in [6.45, 7) is 7.29. The Kier molecular flexibility index (Phi) is 7.78. The van der Waals surface area contributed by atoms with E-state index in [1.54, 1.807) is 0 Å². The fourth-order valence-electron chi connectivity index (χ4n) is 2.67. The molecule has 2 aliphatic rings. The van der Waals surface area contributed by atoms with E-state index in [1.165, 1.54) is 0 Å². The van der Waals surface area contributed by atoms with Crippen LogP contribution in [0.15, 0.2) is 24.3 Å². The maximum absolute atomic E-state index is 11.8. The van der Waals surface area contributed by atoms with Gasteiger partial charge in [-0.05, 0) is 17.7 Å². The van der Waals surface area contributed by atoms with Crippen molar-refractivity contribution < 1.29 is 14.3 Å². The molecule has 1 aromatic rings. The number of halogens is 1. The normalized spacial score (nSPS) is 18.3. The van der Waals surface area contributed by atoms with Gasteiger partial charge in [0.2, 0.25) is 5.91 Å². The summed E-state index contributed by atoms with van der Waals surface area (Å²) in [5, 5.41) is 6.09. The summed E-state index contributed by atoms with van der Waals surface area (Å²) in [4.78, 5) is 14.2. The predicted molar refractivity (Wildman–Crippen MR) is 94.7 cm³/mol. The van der Waals surface area contributed by atoms with Crippen molar-refractivity contribution in [2.24, 2.45) is 5.92 Å². The number of rotatable bonds is 7. The minimum Gasteiger partial charge on any atom is -0.492 e. The highest BCUT2D eigenvalue weighted by Gasteiger charge is 2.24. The third kappa shape index (κ3) is 5.63.